The number of aromatic hydroxyl groups is 1. The van der Waals surface area contributed by atoms with Gasteiger partial charge in [0.25, 0.3) is 11.8 Å². The quantitative estimate of drug-likeness (QED) is 0.176. The van der Waals surface area contributed by atoms with Gasteiger partial charge in [0.2, 0.25) is 0 Å². The largest absolute Gasteiger partial charge is 0.508 e. The lowest BCUT2D eigenvalue weighted by atomic mass is 9.78. The summed E-state index contributed by atoms with van der Waals surface area (Å²) >= 11 is 0. The molecule has 4 heterocycles. The smallest absolute Gasteiger partial charge is 0.410 e. The summed E-state index contributed by atoms with van der Waals surface area (Å²) in [5.74, 6) is 0.185. The highest BCUT2D eigenvalue weighted by Crippen LogP contribution is 2.33. The molecule has 3 fully saturated rings. The summed E-state index contributed by atoms with van der Waals surface area (Å²) in [5.41, 5.74) is 4.85. The fourth-order valence-electron chi connectivity index (χ4n) is 8.32. The van der Waals surface area contributed by atoms with Crippen LogP contribution in [-0.2, 0) is 27.2 Å². The van der Waals surface area contributed by atoms with E-state index in [1.54, 1.807) is 27.4 Å². The number of hydrogen-bond donors (Lipinski definition) is 4. The van der Waals surface area contributed by atoms with Gasteiger partial charge in [0.1, 0.15) is 13.6 Å². The Bertz CT molecular complexity index is 1630. The van der Waals surface area contributed by atoms with Crippen LogP contribution in [0.3, 0.4) is 0 Å². The Hall–Kier alpha value is -4.56. The fourth-order valence-corrected chi connectivity index (χ4v) is 8.32. The zero-order valence-corrected chi connectivity index (χ0v) is 29.7. The molecule has 0 spiro atoms. The molecule has 4 aliphatic heterocycles. The minimum Gasteiger partial charge on any atom is -0.508 e. The molecule has 4 aliphatic rings. The van der Waals surface area contributed by atoms with E-state index in [0.29, 0.717) is 68.5 Å². The Morgan fingerprint density at radius 1 is 0.962 bits per heavy atom. The summed E-state index contributed by atoms with van der Waals surface area (Å²) < 4.78 is 6.03. The zero-order valence-electron chi connectivity index (χ0n) is 29.7. The first-order chi connectivity index (χ1) is 25.1. The van der Waals surface area contributed by atoms with Gasteiger partial charge >= 0.3 is 12.1 Å². The number of para-hydroxylation sites is 1. The standard InChI is InChI=1S/C38H49BN6O7/c1-2-26-21-25(22-31(39)35(26)47)23-33(36(48)43-16-9-28(10-17-43)27-7-14-42(15-8-27)24-34(46)41-51)52-38(50)44-18-12-30(13-19-44)45-20-11-29-5-3-4-6-32(29)40-37(45)49/h2-6,21-22,27-28,30,33,47,51H,1,7-20,23-24H2,(H,40,49)(H,41,46)/t33-/m1/s1. The molecule has 5 amide bonds. The van der Waals surface area contributed by atoms with Crippen LogP contribution in [0.1, 0.15) is 55.2 Å². The molecule has 2 radical (unpaired) electrons. The molecular weight excluding hydrogens is 663 g/mol. The van der Waals surface area contributed by atoms with E-state index in [1.165, 1.54) is 6.08 Å². The van der Waals surface area contributed by atoms with Gasteiger partial charge in [-0.3, -0.25) is 19.7 Å². The first-order valence-electron chi connectivity index (χ1n) is 18.4. The number of hydroxylamine groups is 1. The van der Waals surface area contributed by atoms with Crippen LogP contribution < -0.4 is 16.3 Å². The monoisotopic (exact) mass is 712 g/mol. The van der Waals surface area contributed by atoms with Crippen LogP contribution in [0.25, 0.3) is 6.08 Å². The maximum absolute atomic E-state index is 14.1. The van der Waals surface area contributed by atoms with Crippen LogP contribution >= 0.6 is 0 Å². The van der Waals surface area contributed by atoms with Crippen LogP contribution in [0, 0.1) is 11.8 Å². The summed E-state index contributed by atoms with van der Waals surface area (Å²) in [5, 5.41) is 22.2. The third kappa shape index (κ3) is 8.72. The highest BCUT2D eigenvalue weighted by atomic mass is 16.6. The second kappa shape index (κ2) is 16.9. The Labute approximate surface area is 306 Å². The minimum absolute atomic E-state index is 0.0262. The summed E-state index contributed by atoms with van der Waals surface area (Å²) in [6.45, 7) is 7.98. The molecule has 13 nitrogen and oxygen atoms in total. The molecular formula is C38H49BN6O7. The van der Waals surface area contributed by atoms with E-state index in [0.717, 1.165) is 56.4 Å². The maximum Gasteiger partial charge on any atom is 0.410 e. The van der Waals surface area contributed by atoms with Crippen molar-refractivity contribution in [3.05, 3.63) is 59.7 Å². The Balaban J connectivity index is 1.07. The molecule has 52 heavy (non-hydrogen) atoms. The van der Waals surface area contributed by atoms with Gasteiger partial charge in [0, 0.05) is 56.4 Å². The summed E-state index contributed by atoms with van der Waals surface area (Å²) in [7, 11) is 6.08. The number of likely N-dealkylation sites (tertiary alicyclic amines) is 3. The van der Waals surface area contributed by atoms with E-state index in [2.05, 4.69) is 11.9 Å². The van der Waals surface area contributed by atoms with E-state index in [4.69, 9.17) is 17.8 Å². The van der Waals surface area contributed by atoms with Crippen molar-refractivity contribution in [2.45, 2.75) is 63.5 Å². The summed E-state index contributed by atoms with van der Waals surface area (Å²) in [6, 6.07) is 10.9. The molecule has 3 saturated heterocycles. The predicted octanol–water partition coefficient (Wildman–Crippen LogP) is 2.89. The van der Waals surface area contributed by atoms with Crippen LogP contribution in [0.2, 0.25) is 0 Å². The molecule has 0 aromatic heterocycles. The second-order valence-corrected chi connectivity index (χ2v) is 14.5. The van der Waals surface area contributed by atoms with Crippen LogP contribution in [-0.4, -0.2) is 126 Å². The van der Waals surface area contributed by atoms with Crippen LogP contribution in [0.5, 0.6) is 5.75 Å². The Morgan fingerprint density at radius 2 is 1.62 bits per heavy atom. The molecule has 2 aromatic rings. The molecule has 0 bridgehead atoms. The lowest BCUT2D eigenvalue weighted by Gasteiger charge is -2.41. The van der Waals surface area contributed by atoms with E-state index >= 15 is 0 Å². The van der Waals surface area contributed by atoms with Gasteiger partial charge in [-0.1, -0.05) is 42.4 Å². The van der Waals surface area contributed by atoms with Crippen molar-refractivity contribution >= 4 is 49.0 Å². The number of nitrogens with zero attached hydrogens (tertiary/aromatic N) is 4. The van der Waals surface area contributed by atoms with E-state index < -0.39 is 18.1 Å². The van der Waals surface area contributed by atoms with E-state index in [1.807, 2.05) is 34.1 Å². The first kappa shape index (κ1) is 37.2. The predicted molar refractivity (Wildman–Crippen MR) is 196 cm³/mol. The van der Waals surface area contributed by atoms with Gasteiger partial charge < -0.3 is 29.9 Å². The van der Waals surface area contributed by atoms with Crippen molar-refractivity contribution < 1.29 is 34.2 Å². The zero-order chi connectivity index (χ0) is 36.8. The number of fused-ring (bicyclic) bond motifs is 1. The number of urea groups is 1. The number of phenols is 1. The van der Waals surface area contributed by atoms with E-state index in [-0.39, 0.29) is 42.2 Å². The number of anilines is 1. The van der Waals surface area contributed by atoms with Gasteiger partial charge in [-0.2, -0.15) is 0 Å². The molecule has 276 valence electrons. The van der Waals surface area contributed by atoms with Gasteiger partial charge in [-0.25, -0.2) is 15.1 Å². The van der Waals surface area contributed by atoms with Gasteiger partial charge in [-0.15, -0.1) is 0 Å². The van der Waals surface area contributed by atoms with Crippen LogP contribution in [0.4, 0.5) is 15.3 Å². The average molecular weight is 713 g/mol. The molecule has 2 aromatic carbocycles. The number of carbonyl (C=O) groups is 4. The Morgan fingerprint density at radius 3 is 2.29 bits per heavy atom. The second-order valence-electron chi connectivity index (χ2n) is 14.5. The molecule has 0 saturated carbocycles. The number of piperidine rings is 3. The molecule has 6 rings (SSSR count). The van der Waals surface area contributed by atoms with Gasteiger partial charge in [0.05, 0.1) is 6.54 Å². The van der Waals surface area contributed by atoms with Crippen molar-refractivity contribution in [3.63, 3.8) is 0 Å². The number of rotatable bonds is 9. The number of phenolic OH excluding ortho intramolecular Hbond substituents is 1. The van der Waals surface area contributed by atoms with Crippen molar-refractivity contribution in [2.24, 2.45) is 11.8 Å². The highest BCUT2D eigenvalue weighted by Gasteiger charge is 2.37. The van der Waals surface area contributed by atoms with Crippen molar-refractivity contribution in [2.75, 3.05) is 57.7 Å². The summed E-state index contributed by atoms with van der Waals surface area (Å²) in [6.07, 6.45) is 5.42. The third-order valence-corrected chi connectivity index (χ3v) is 11.3. The topological polar surface area (TPSA) is 155 Å². The molecule has 4 N–H and O–H groups in total. The normalized spacial score (nSPS) is 20.0. The van der Waals surface area contributed by atoms with Gasteiger partial charge in [-0.05, 0) is 93.1 Å². The lowest BCUT2D eigenvalue weighted by Crippen LogP contribution is -2.52. The number of nitrogens with one attached hydrogen (secondary N) is 2. The number of benzene rings is 2. The molecule has 0 unspecified atom stereocenters. The average Bonchev–Trinajstić information content (AvgIpc) is 3.33. The van der Waals surface area contributed by atoms with Crippen molar-refractivity contribution in [1.82, 2.24) is 25.1 Å². The SMILES string of the molecule is [B]c1cc(C[C@@H](OC(=O)N2CCC(N3CCc4ccccc4NC3=O)CC2)C(=O)N2CCC(C3CCN(CC(=O)NO)CC3)CC2)cc(C=C)c1O. The minimum atomic E-state index is -1.10. The maximum atomic E-state index is 14.1. The number of ether oxygens (including phenoxy) is 1. The first-order valence-corrected chi connectivity index (χ1v) is 18.4. The third-order valence-electron chi connectivity index (χ3n) is 11.3. The lowest BCUT2D eigenvalue weighted by molar-refractivity contribution is -0.142. The number of hydrogen-bond acceptors (Lipinski definition) is 8. The fraction of sp³-hybridized carbons (Fsp3) is 0.526. The highest BCUT2D eigenvalue weighted by molar-refractivity contribution is 6.34. The number of amides is 5. The van der Waals surface area contributed by atoms with E-state index in [9.17, 15) is 24.3 Å². The molecule has 0 aliphatic carbocycles. The molecule has 1 atom stereocenters. The van der Waals surface area contributed by atoms with Gasteiger partial charge in [0.15, 0.2) is 6.10 Å². The summed E-state index contributed by atoms with van der Waals surface area (Å²) in [4.78, 5) is 59.8. The van der Waals surface area contributed by atoms with Crippen molar-refractivity contribution in [3.8, 4) is 5.75 Å². The van der Waals surface area contributed by atoms with Crippen molar-refractivity contribution in [1.29, 1.82) is 0 Å². The number of carbonyl (C=O) groups excluding carboxylic acids is 4. The van der Waals surface area contributed by atoms with Crippen LogP contribution in [0.15, 0.2) is 43.0 Å². The molecule has 14 heteroatoms. The Kier molecular flexibility index (Phi) is 12.1.